The van der Waals surface area contributed by atoms with Crippen molar-refractivity contribution in [1.29, 1.82) is 0 Å². The molecule has 0 unspecified atom stereocenters. The number of thiophene rings is 1. The first-order valence-electron chi connectivity index (χ1n) is 10.7. The molecule has 0 spiro atoms. The summed E-state index contributed by atoms with van der Waals surface area (Å²) in [7, 11) is -3.97. The topological polar surface area (TPSA) is 89.5 Å². The van der Waals surface area contributed by atoms with Crippen molar-refractivity contribution in [1.82, 2.24) is 5.32 Å². The van der Waals surface area contributed by atoms with Gasteiger partial charge in [0.25, 0.3) is 5.91 Å². The Labute approximate surface area is 190 Å². The van der Waals surface area contributed by atoms with Gasteiger partial charge >= 0.3 is 10.1 Å². The highest BCUT2D eigenvalue weighted by atomic mass is 32.2. The highest BCUT2D eigenvalue weighted by Crippen LogP contribution is 2.49. The molecule has 8 heteroatoms. The summed E-state index contributed by atoms with van der Waals surface area (Å²) in [4.78, 5) is 24.3. The highest BCUT2D eigenvalue weighted by molar-refractivity contribution is 7.87. The van der Waals surface area contributed by atoms with Crippen molar-refractivity contribution in [2.45, 2.75) is 36.6 Å². The first-order chi connectivity index (χ1) is 15.4. The maximum atomic E-state index is 13.2. The molecule has 6 rings (SSSR count). The van der Waals surface area contributed by atoms with Crippen LogP contribution in [-0.4, -0.2) is 26.7 Å². The van der Waals surface area contributed by atoms with Gasteiger partial charge in [0, 0.05) is 27.9 Å². The van der Waals surface area contributed by atoms with Crippen LogP contribution in [0, 0.1) is 17.8 Å². The summed E-state index contributed by atoms with van der Waals surface area (Å²) in [5.74, 6) is 1.28. The Morgan fingerprint density at radius 1 is 1.12 bits per heavy atom. The largest absolute Gasteiger partial charge is 0.379 e. The zero-order chi connectivity index (χ0) is 22.3. The van der Waals surface area contributed by atoms with E-state index in [4.69, 9.17) is 4.18 Å². The van der Waals surface area contributed by atoms with E-state index in [1.165, 1.54) is 23.5 Å². The van der Waals surface area contributed by atoms with Crippen LogP contribution in [0.3, 0.4) is 0 Å². The van der Waals surface area contributed by atoms with Gasteiger partial charge in [0.05, 0.1) is 5.56 Å². The lowest BCUT2D eigenvalue weighted by Crippen LogP contribution is -2.54. The Kier molecular flexibility index (Phi) is 5.51. The Balaban J connectivity index is 1.39. The molecule has 1 aromatic heterocycles. The van der Waals surface area contributed by atoms with Gasteiger partial charge in [0.2, 0.25) is 0 Å². The third-order valence-corrected chi connectivity index (χ3v) is 8.87. The number of fused-ring (bicyclic) bond motifs is 3. The molecule has 3 aromatic rings. The Bertz CT molecular complexity index is 1260. The van der Waals surface area contributed by atoms with Gasteiger partial charge in [-0.1, -0.05) is 18.2 Å². The molecule has 0 saturated heterocycles. The minimum atomic E-state index is -3.97. The van der Waals surface area contributed by atoms with Crippen LogP contribution in [-0.2, 0) is 14.9 Å². The van der Waals surface area contributed by atoms with E-state index in [2.05, 4.69) is 5.32 Å². The number of hydrogen-bond acceptors (Lipinski definition) is 6. The molecular weight excluding hydrogens is 446 g/mol. The Hall–Kier alpha value is -2.71. The van der Waals surface area contributed by atoms with E-state index in [0.717, 1.165) is 30.2 Å². The zero-order valence-electron chi connectivity index (χ0n) is 17.3. The van der Waals surface area contributed by atoms with E-state index >= 15 is 0 Å². The van der Waals surface area contributed by atoms with Crippen LogP contribution < -0.4 is 9.50 Å². The van der Waals surface area contributed by atoms with E-state index in [9.17, 15) is 18.0 Å². The van der Waals surface area contributed by atoms with Gasteiger partial charge in [-0.2, -0.15) is 8.42 Å². The summed E-state index contributed by atoms with van der Waals surface area (Å²) in [6.45, 7) is 0. The lowest BCUT2D eigenvalue weighted by Gasteiger charge is -2.51. The molecule has 3 aliphatic carbocycles. The molecule has 1 amide bonds. The van der Waals surface area contributed by atoms with E-state index in [0.29, 0.717) is 29.2 Å². The van der Waals surface area contributed by atoms with Crippen molar-refractivity contribution in [2.24, 2.45) is 17.8 Å². The number of carbonyl (C=O) groups excluding carboxylic acids is 2. The summed E-state index contributed by atoms with van der Waals surface area (Å²) in [5.41, 5.74) is 0.499. The average molecular weight is 470 g/mol. The van der Waals surface area contributed by atoms with Crippen molar-refractivity contribution < 1.29 is 22.2 Å². The van der Waals surface area contributed by atoms with Crippen LogP contribution >= 0.6 is 11.3 Å². The van der Waals surface area contributed by atoms with Gasteiger partial charge in [0.1, 0.15) is 16.9 Å². The van der Waals surface area contributed by atoms with Crippen LogP contribution in [0.4, 0.5) is 0 Å². The number of benzene rings is 2. The highest BCUT2D eigenvalue weighted by Gasteiger charge is 2.46. The summed E-state index contributed by atoms with van der Waals surface area (Å²) in [5, 5.41) is 5.62. The van der Waals surface area contributed by atoms with Crippen LogP contribution in [0.5, 0.6) is 5.75 Å². The summed E-state index contributed by atoms with van der Waals surface area (Å²) in [6, 6.07) is 12.9. The SMILES string of the molecule is O=CC[C@H]1CC2CC(C2)[C@H]1NC(=O)c1csc2ccc(OS(=O)(=O)c3ccccc3)cc12. The summed E-state index contributed by atoms with van der Waals surface area (Å²) < 4.78 is 31.3. The fraction of sp³-hybridized carbons (Fsp3) is 0.333. The maximum absolute atomic E-state index is 13.2. The van der Waals surface area contributed by atoms with E-state index in [-0.39, 0.29) is 28.5 Å². The van der Waals surface area contributed by atoms with Crippen molar-refractivity contribution in [3.63, 3.8) is 0 Å². The smallest absolute Gasteiger partial charge is 0.339 e. The quantitative estimate of drug-likeness (QED) is 0.409. The van der Waals surface area contributed by atoms with E-state index < -0.39 is 10.1 Å². The van der Waals surface area contributed by atoms with Crippen LogP contribution in [0.2, 0.25) is 0 Å². The average Bonchev–Trinajstić information content (AvgIpc) is 3.18. The number of hydrogen-bond donors (Lipinski definition) is 1. The number of nitrogens with one attached hydrogen (secondary N) is 1. The Morgan fingerprint density at radius 3 is 2.66 bits per heavy atom. The van der Waals surface area contributed by atoms with Crippen LogP contribution in [0.25, 0.3) is 10.1 Å². The number of carbonyl (C=O) groups is 2. The zero-order valence-corrected chi connectivity index (χ0v) is 18.9. The van der Waals surface area contributed by atoms with Gasteiger partial charge in [-0.25, -0.2) is 0 Å². The second-order valence-electron chi connectivity index (χ2n) is 8.65. The maximum Gasteiger partial charge on any atom is 0.339 e. The molecule has 32 heavy (non-hydrogen) atoms. The third-order valence-electron chi connectivity index (χ3n) is 6.65. The van der Waals surface area contributed by atoms with Crippen LogP contribution in [0.15, 0.2) is 58.8 Å². The number of aldehydes is 1. The normalized spacial score (nSPS) is 24.5. The third kappa shape index (κ3) is 3.93. The second kappa shape index (κ2) is 8.33. The lowest BCUT2D eigenvalue weighted by molar-refractivity contribution is -0.110. The molecular formula is C24H23NO5S2. The van der Waals surface area contributed by atoms with Crippen molar-refractivity contribution in [2.75, 3.05) is 0 Å². The van der Waals surface area contributed by atoms with E-state index in [1.54, 1.807) is 41.8 Å². The molecule has 3 aliphatic rings. The molecule has 1 heterocycles. The summed E-state index contributed by atoms with van der Waals surface area (Å²) in [6.07, 6.45) is 4.63. The number of rotatable bonds is 7. The van der Waals surface area contributed by atoms with Crippen molar-refractivity contribution in [3.8, 4) is 5.75 Å². The molecule has 2 aromatic carbocycles. The van der Waals surface area contributed by atoms with Gasteiger partial charge < -0.3 is 14.3 Å². The van der Waals surface area contributed by atoms with Gasteiger partial charge in [-0.15, -0.1) is 11.3 Å². The molecule has 2 bridgehead atoms. The van der Waals surface area contributed by atoms with Crippen molar-refractivity contribution in [3.05, 3.63) is 59.5 Å². The molecule has 1 N–H and O–H groups in total. The van der Waals surface area contributed by atoms with Crippen LogP contribution in [0.1, 0.15) is 36.0 Å². The summed E-state index contributed by atoms with van der Waals surface area (Å²) >= 11 is 1.43. The molecule has 0 radical (unpaired) electrons. The lowest BCUT2D eigenvalue weighted by atomic mass is 9.58. The van der Waals surface area contributed by atoms with Gasteiger partial charge in [0.15, 0.2) is 0 Å². The molecule has 6 nitrogen and oxygen atoms in total. The van der Waals surface area contributed by atoms with Gasteiger partial charge in [-0.05, 0) is 67.3 Å². The van der Waals surface area contributed by atoms with E-state index in [1.807, 2.05) is 0 Å². The fourth-order valence-corrected chi connectivity index (χ4v) is 6.93. The first kappa shape index (κ1) is 21.2. The predicted octanol–water partition coefficient (Wildman–Crippen LogP) is 4.40. The molecule has 0 aliphatic heterocycles. The minimum Gasteiger partial charge on any atom is -0.379 e. The molecule has 3 saturated carbocycles. The van der Waals surface area contributed by atoms with Crippen molar-refractivity contribution >= 4 is 43.7 Å². The Morgan fingerprint density at radius 2 is 1.91 bits per heavy atom. The molecule has 3 fully saturated rings. The number of amides is 1. The monoisotopic (exact) mass is 469 g/mol. The standard InChI is InChI=1S/C24H23NO5S2/c26-9-8-16-10-15-11-17(12-15)23(16)25-24(27)21-14-31-22-7-6-18(13-20(21)22)30-32(28,29)19-4-2-1-3-5-19/h1-7,9,13-17,23H,8,10-12H2,(H,25,27)/t15?,16-,17?,23-/m0/s1. The second-order valence-corrected chi connectivity index (χ2v) is 11.1. The first-order valence-corrected chi connectivity index (χ1v) is 13.0. The van der Waals surface area contributed by atoms with Gasteiger partial charge in [-0.3, -0.25) is 4.79 Å². The molecule has 2 atom stereocenters. The minimum absolute atomic E-state index is 0.00513. The fourth-order valence-electron chi connectivity index (χ4n) is 5.06. The predicted molar refractivity (Wildman–Crippen MR) is 122 cm³/mol. The molecule has 166 valence electrons.